The zero-order valence-corrected chi connectivity index (χ0v) is 23.1. The van der Waals surface area contributed by atoms with Gasteiger partial charge in [0.15, 0.2) is 0 Å². The number of nitrogens with one attached hydrogen (secondary N) is 4. The molecule has 3 rings (SSSR count). The van der Waals surface area contributed by atoms with Crippen molar-refractivity contribution in [2.24, 2.45) is 11.5 Å². The second-order valence-electron chi connectivity index (χ2n) is 10.0. The van der Waals surface area contributed by atoms with Crippen molar-refractivity contribution in [3.63, 3.8) is 0 Å². The molecule has 0 spiro atoms. The van der Waals surface area contributed by atoms with Crippen molar-refractivity contribution in [1.82, 2.24) is 20.9 Å². The number of hydrogen-bond acceptors (Lipinski definition) is 8. The number of phenolic OH excluding ortho intramolecular Hbond substituents is 1. The first-order valence-electron chi connectivity index (χ1n) is 13.7. The number of carboxylic acids is 1. The van der Waals surface area contributed by atoms with Crippen LogP contribution < -0.4 is 27.4 Å². The molecule has 3 amide bonds. The van der Waals surface area contributed by atoms with Gasteiger partial charge in [0.05, 0.1) is 6.61 Å². The number of aromatic hydroxyl groups is 1. The van der Waals surface area contributed by atoms with Gasteiger partial charge >= 0.3 is 5.97 Å². The van der Waals surface area contributed by atoms with E-state index in [9.17, 15) is 34.5 Å². The van der Waals surface area contributed by atoms with Gasteiger partial charge in [-0.2, -0.15) is 0 Å². The number of fused-ring (bicyclic) bond motifs is 1. The van der Waals surface area contributed by atoms with Crippen LogP contribution in [0.4, 0.5) is 0 Å². The maximum absolute atomic E-state index is 13.7. The molecule has 13 heteroatoms. The Bertz CT molecular complexity index is 1360. The number of unbranched alkanes of at least 4 members (excludes halogenated alkanes) is 1. The largest absolute Gasteiger partial charge is 0.508 e. The fourth-order valence-corrected chi connectivity index (χ4v) is 4.46. The first-order valence-corrected chi connectivity index (χ1v) is 13.7. The lowest BCUT2D eigenvalue weighted by atomic mass is 10.0. The summed E-state index contributed by atoms with van der Waals surface area (Å²) in [5.74, 6) is -3.43. The molecular weight excluding hydrogens is 544 g/mol. The summed E-state index contributed by atoms with van der Waals surface area (Å²) >= 11 is 0. The summed E-state index contributed by atoms with van der Waals surface area (Å²) in [7, 11) is 0. The van der Waals surface area contributed by atoms with E-state index in [1.54, 1.807) is 18.3 Å². The standard InChI is InChI=1S/C29H38N6O7/c30-12-4-3-7-23(29(41)42)33-27(39)24(13-17-8-10-19(37)11-9-17)35-28(40)25(34-26(38)21(31)16-36)14-18-15-32-22-6-2-1-5-20(18)22/h1-2,5-6,8-11,15,21,23-25,32,36-37H,3-4,7,12-14,16,30-31H2,(H,33,39)(H,34,38)(H,35,40)(H,41,42). The quantitative estimate of drug-likeness (QED) is 0.100. The van der Waals surface area contributed by atoms with Crippen molar-refractivity contribution in [2.45, 2.75) is 56.3 Å². The maximum Gasteiger partial charge on any atom is 0.326 e. The van der Waals surface area contributed by atoms with E-state index in [0.717, 1.165) is 10.9 Å². The highest BCUT2D eigenvalue weighted by atomic mass is 16.4. The number of aliphatic hydroxyl groups excluding tert-OH is 1. The topological polar surface area (TPSA) is 233 Å². The number of carbonyl (C=O) groups is 4. The van der Waals surface area contributed by atoms with E-state index in [0.29, 0.717) is 30.5 Å². The first-order chi connectivity index (χ1) is 20.1. The number of aromatic nitrogens is 1. The van der Waals surface area contributed by atoms with Crippen molar-refractivity contribution >= 4 is 34.6 Å². The van der Waals surface area contributed by atoms with E-state index in [2.05, 4.69) is 20.9 Å². The third kappa shape index (κ3) is 9.03. The summed E-state index contributed by atoms with van der Waals surface area (Å²) in [6, 6.07) is 8.50. The molecule has 0 aliphatic rings. The number of carboxylic acid groups (broad SMARTS) is 1. The maximum atomic E-state index is 13.7. The Kier molecular flexibility index (Phi) is 11.8. The van der Waals surface area contributed by atoms with E-state index in [4.69, 9.17) is 11.5 Å². The smallest absolute Gasteiger partial charge is 0.326 e. The Morgan fingerprint density at radius 3 is 2.10 bits per heavy atom. The van der Waals surface area contributed by atoms with Gasteiger partial charge in [-0.3, -0.25) is 14.4 Å². The molecule has 0 aliphatic carbocycles. The highest BCUT2D eigenvalue weighted by Gasteiger charge is 2.31. The van der Waals surface area contributed by atoms with Crippen molar-refractivity contribution in [1.29, 1.82) is 0 Å². The normalized spacial score (nSPS) is 14.0. The highest BCUT2D eigenvalue weighted by molar-refractivity contribution is 5.95. The number of phenols is 1. The number of aliphatic hydroxyl groups is 1. The Hall–Kier alpha value is -4.46. The van der Waals surface area contributed by atoms with E-state index in [-0.39, 0.29) is 25.0 Å². The summed E-state index contributed by atoms with van der Waals surface area (Å²) in [6.07, 6.45) is 2.92. The van der Waals surface area contributed by atoms with Gasteiger partial charge in [0.2, 0.25) is 17.7 Å². The van der Waals surface area contributed by atoms with Gasteiger partial charge in [-0.25, -0.2) is 4.79 Å². The number of nitrogens with two attached hydrogens (primary N) is 2. The average molecular weight is 583 g/mol. The number of aromatic amines is 1. The van der Waals surface area contributed by atoms with Crippen LogP contribution in [-0.4, -0.2) is 81.3 Å². The summed E-state index contributed by atoms with van der Waals surface area (Å²) in [5.41, 5.74) is 13.3. The summed E-state index contributed by atoms with van der Waals surface area (Å²) < 4.78 is 0. The third-order valence-electron chi connectivity index (χ3n) is 6.84. The van der Waals surface area contributed by atoms with Crippen LogP contribution in [-0.2, 0) is 32.0 Å². The molecule has 13 nitrogen and oxygen atoms in total. The van der Waals surface area contributed by atoms with Gasteiger partial charge in [0, 0.05) is 29.9 Å². The van der Waals surface area contributed by atoms with Gasteiger partial charge < -0.3 is 47.7 Å². The molecule has 226 valence electrons. The van der Waals surface area contributed by atoms with Gasteiger partial charge in [0.1, 0.15) is 29.9 Å². The van der Waals surface area contributed by atoms with Crippen LogP contribution in [0.1, 0.15) is 30.4 Å². The van der Waals surface area contributed by atoms with Gasteiger partial charge in [0.25, 0.3) is 0 Å². The molecule has 0 aliphatic heterocycles. The molecular formula is C29H38N6O7. The molecule has 1 heterocycles. The van der Waals surface area contributed by atoms with E-state index < -0.39 is 54.5 Å². The number of rotatable bonds is 16. The van der Waals surface area contributed by atoms with Gasteiger partial charge in [-0.1, -0.05) is 30.3 Å². The molecule has 1 aromatic heterocycles. The molecule has 0 saturated carbocycles. The molecule has 2 aromatic carbocycles. The molecule has 4 unspecified atom stereocenters. The summed E-state index contributed by atoms with van der Waals surface area (Å²) in [4.78, 5) is 54.6. The summed E-state index contributed by atoms with van der Waals surface area (Å²) in [5, 5.41) is 37.2. The molecule has 0 bridgehead atoms. The van der Waals surface area contributed by atoms with E-state index in [1.807, 2.05) is 24.3 Å². The van der Waals surface area contributed by atoms with E-state index in [1.165, 1.54) is 12.1 Å². The fourth-order valence-electron chi connectivity index (χ4n) is 4.46. The molecule has 4 atom stereocenters. The van der Waals surface area contributed by atoms with Crippen LogP contribution in [0.3, 0.4) is 0 Å². The molecule has 3 aromatic rings. The second kappa shape index (κ2) is 15.5. The van der Waals surface area contributed by atoms with E-state index >= 15 is 0 Å². The van der Waals surface area contributed by atoms with Gasteiger partial charge in [-0.05, 0) is 55.1 Å². The lowest BCUT2D eigenvalue weighted by Gasteiger charge is -2.25. The van der Waals surface area contributed by atoms with Gasteiger partial charge in [-0.15, -0.1) is 0 Å². The molecule has 11 N–H and O–H groups in total. The molecule has 0 fully saturated rings. The minimum Gasteiger partial charge on any atom is -0.508 e. The Morgan fingerprint density at radius 2 is 1.45 bits per heavy atom. The summed E-state index contributed by atoms with van der Waals surface area (Å²) in [6.45, 7) is -0.261. The number of aliphatic carboxylic acids is 1. The molecule has 0 radical (unpaired) electrons. The highest BCUT2D eigenvalue weighted by Crippen LogP contribution is 2.19. The number of H-pyrrole nitrogens is 1. The van der Waals surface area contributed by atoms with Crippen LogP contribution in [0.15, 0.2) is 54.7 Å². The van der Waals surface area contributed by atoms with Crippen LogP contribution in [0.25, 0.3) is 10.9 Å². The van der Waals surface area contributed by atoms with Crippen molar-refractivity contribution in [3.8, 4) is 5.75 Å². The number of benzene rings is 2. The molecule has 0 saturated heterocycles. The predicted octanol–water partition coefficient (Wildman–Crippen LogP) is -0.354. The Balaban J connectivity index is 1.87. The van der Waals surface area contributed by atoms with Crippen molar-refractivity contribution < 1.29 is 34.5 Å². The number of hydrogen-bond donors (Lipinski definition) is 9. The zero-order chi connectivity index (χ0) is 30.6. The second-order valence-corrected chi connectivity index (χ2v) is 10.0. The predicted molar refractivity (Wildman–Crippen MR) is 155 cm³/mol. The zero-order valence-electron chi connectivity index (χ0n) is 23.1. The van der Waals surface area contributed by atoms with Crippen LogP contribution in [0.2, 0.25) is 0 Å². The van der Waals surface area contributed by atoms with Crippen LogP contribution in [0, 0.1) is 0 Å². The lowest BCUT2D eigenvalue weighted by molar-refractivity contribution is -0.142. The fraction of sp³-hybridized carbons (Fsp3) is 0.379. The van der Waals surface area contributed by atoms with Crippen molar-refractivity contribution in [2.75, 3.05) is 13.2 Å². The van der Waals surface area contributed by atoms with Crippen LogP contribution >= 0.6 is 0 Å². The number of para-hydroxylation sites is 1. The monoisotopic (exact) mass is 582 g/mol. The van der Waals surface area contributed by atoms with Crippen LogP contribution in [0.5, 0.6) is 5.75 Å². The van der Waals surface area contributed by atoms with Crippen molar-refractivity contribution in [3.05, 3.63) is 65.9 Å². The molecule has 42 heavy (non-hydrogen) atoms. The first kappa shape index (κ1) is 32.1. The number of carbonyl (C=O) groups excluding carboxylic acids is 3. The SMILES string of the molecule is NCCCCC(NC(=O)C(Cc1ccc(O)cc1)NC(=O)C(Cc1c[nH]c2ccccc12)NC(=O)C(N)CO)C(=O)O. The average Bonchev–Trinajstić information content (AvgIpc) is 3.39. The Labute approximate surface area is 242 Å². The third-order valence-corrected chi connectivity index (χ3v) is 6.84. The minimum atomic E-state index is -1.27. The minimum absolute atomic E-state index is 0.0105. The Morgan fingerprint density at radius 1 is 0.833 bits per heavy atom. The lowest BCUT2D eigenvalue weighted by Crippen LogP contribution is -2.58. The number of amides is 3.